The molecule has 1 aliphatic carbocycles. The molecule has 11 heteroatoms. The van der Waals surface area contributed by atoms with Crippen LogP contribution < -0.4 is 5.32 Å². The first-order valence-corrected chi connectivity index (χ1v) is 12.8. The van der Waals surface area contributed by atoms with Crippen LogP contribution in [0.2, 0.25) is 0 Å². The first kappa shape index (κ1) is 26.3. The molecule has 0 spiro atoms. The second-order valence-corrected chi connectivity index (χ2v) is 10.9. The third-order valence-electron chi connectivity index (χ3n) is 7.29. The highest BCUT2D eigenvalue weighted by Crippen LogP contribution is 2.44. The SMILES string of the molecule is C[C@@H](NCC(C)(C)O)c1nc(C(F)(F)F)cc2c(-c3cccc([C@H](c4nncn4C)C4CCC4)c3)n[nH]c12. The van der Waals surface area contributed by atoms with Gasteiger partial charge in [-0.3, -0.25) is 5.10 Å². The molecule has 0 amide bonds. The summed E-state index contributed by atoms with van der Waals surface area (Å²) in [4.78, 5) is 3.95. The summed E-state index contributed by atoms with van der Waals surface area (Å²) in [6.07, 6.45) is 0.403. The number of aliphatic hydroxyl groups is 1. The van der Waals surface area contributed by atoms with Gasteiger partial charge < -0.3 is 15.0 Å². The van der Waals surface area contributed by atoms with Gasteiger partial charge in [0.15, 0.2) is 0 Å². The van der Waals surface area contributed by atoms with E-state index in [1.54, 1.807) is 27.1 Å². The quantitative estimate of drug-likeness (QED) is 0.294. The molecule has 1 fully saturated rings. The predicted octanol–water partition coefficient (Wildman–Crippen LogP) is 5.13. The Hall–Kier alpha value is -3.31. The number of rotatable bonds is 8. The molecule has 1 aromatic carbocycles. The Morgan fingerprint density at radius 2 is 1.97 bits per heavy atom. The molecular weight excluding hydrogens is 495 g/mol. The van der Waals surface area contributed by atoms with Crippen LogP contribution in [0.5, 0.6) is 0 Å². The highest BCUT2D eigenvalue weighted by atomic mass is 19.4. The molecule has 3 heterocycles. The summed E-state index contributed by atoms with van der Waals surface area (Å²) in [5.74, 6) is 1.34. The van der Waals surface area contributed by atoms with Crippen LogP contribution in [0.15, 0.2) is 36.7 Å². The first-order valence-electron chi connectivity index (χ1n) is 12.8. The molecular formula is C27H32F3N7O. The van der Waals surface area contributed by atoms with Crippen LogP contribution in [0.4, 0.5) is 13.2 Å². The van der Waals surface area contributed by atoms with E-state index in [0.29, 0.717) is 28.1 Å². The molecule has 0 unspecified atom stereocenters. The minimum atomic E-state index is -4.63. The number of benzene rings is 1. The number of aryl methyl sites for hydroxylation is 1. The fourth-order valence-electron chi connectivity index (χ4n) is 5.08. The second-order valence-electron chi connectivity index (χ2n) is 10.9. The summed E-state index contributed by atoms with van der Waals surface area (Å²) in [7, 11) is 1.92. The third kappa shape index (κ3) is 5.17. The van der Waals surface area contributed by atoms with Crippen LogP contribution in [0, 0.1) is 5.92 Å². The number of hydrogen-bond acceptors (Lipinski definition) is 6. The van der Waals surface area contributed by atoms with Crippen molar-refractivity contribution in [1.29, 1.82) is 0 Å². The van der Waals surface area contributed by atoms with E-state index in [2.05, 4.69) is 30.7 Å². The highest BCUT2D eigenvalue weighted by molar-refractivity contribution is 5.94. The van der Waals surface area contributed by atoms with E-state index in [1.807, 2.05) is 35.9 Å². The number of hydrogen-bond donors (Lipinski definition) is 3. The number of aromatic amines is 1. The summed E-state index contributed by atoms with van der Waals surface area (Å²) < 4.78 is 43.6. The minimum absolute atomic E-state index is 0.0374. The van der Waals surface area contributed by atoms with Gasteiger partial charge in [0, 0.05) is 36.5 Å². The maximum absolute atomic E-state index is 13.9. The van der Waals surface area contributed by atoms with Gasteiger partial charge >= 0.3 is 6.18 Å². The Morgan fingerprint density at radius 1 is 1.21 bits per heavy atom. The van der Waals surface area contributed by atoms with Crippen molar-refractivity contribution >= 4 is 10.9 Å². The maximum atomic E-state index is 13.9. The number of nitrogens with zero attached hydrogens (tertiary/aromatic N) is 5. The zero-order valence-electron chi connectivity index (χ0n) is 21.8. The molecule has 0 radical (unpaired) electrons. The fourth-order valence-corrected chi connectivity index (χ4v) is 5.08. The van der Waals surface area contributed by atoms with Crippen molar-refractivity contribution in [3.05, 3.63) is 59.4 Å². The van der Waals surface area contributed by atoms with Crippen molar-refractivity contribution in [2.24, 2.45) is 13.0 Å². The molecule has 0 saturated heterocycles. The number of alkyl halides is 3. The van der Waals surface area contributed by atoms with Crippen molar-refractivity contribution < 1.29 is 18.3 Å². The number of H-pyrrole nitrogens is 1. The molecule has 38 heavy (non-hydrogen) atoms. The third-order valence-corrected chi connectivity index (χ3v) is 7.29. The second kappa shape index (κ2) is 9.77. The van der Waals surface area contributed by atoms with E-state index >= 15 is 0 Å². The topological polar surface area (TPSA) is 105 Å². The first-order chi connectivity index (χ1) is 17.9. The number of aromatic nitrogens is 6. The van der Waals surface area contributed by atoms with Gasteiger partial charge in [0.25, 0.3) is 0 Å². The van der Waals surface area contributed by atoms with E-state index in [4.69, 9.17) is 0 Å². The molecule has 3 aromatic heterocycles. The minimum Gasteiger partial charge on any atom is -0.389 e. The molecule has 2 atom stereocenters. The van der Waals surface area contributed by atoms with Gasteiger partial charge in [0.2, 0.25) is 0 Å². The van der Waals surface area contributed by atoms with Gasteiger partial charge in [0.1, 0.15) is 23.5 Å². The molecule has 0 bridgehead atoms. The van der Waals surface area contributed by atoms with E-state index in [9.17, 15) is 18.3 Å². The van der Waals surface area contributed by atoms with Crippen LogP contribution >= 0.6 is 0 Å². The lowest BCUT2D eigenvalue weighted by atomic mass is 9.72. The number of fused-ring (bicyclic) bond motifs is 1. The lowest BCUT2D eigenvalue weighted by Crippen LogP contribution is -2.36. The van der Waals surface area contributed by atoms with E-state index < -0.39 is 23.5 Å². The highest BCUT2D eigenvalue weighted by Gasteiger charge is 2.36. The smallest absolute Gasteiger partial charge is 0.389 e. The number of pyridine rings is 1. The molecule has 1 aliphatic rings. The molecule has 202 valence electrons. The van der Waals surface area contributed by atoms with Crippen molar-refractivity contribution in [3.63, 3.8) is 0 Å². The standard InChI is InChI=1S/C27H32F3N7O/c1-15(31-13-26(2,3)38)22-24-19(12-20(33-22)27(28,29)30)23(34-35-24)18-10-6-9-17(11-18)21(16-7-5-8-16)25-36-32-14-37(25)4/h6,9-12,14-16,21,31,38H,5,7-8,13H2,1-4H3,(H,34,35)/t15-,21-/m1/s1. The van der Waals surface area contributed by atoms with Gasteiger partial charge in [-0.25, -0.2) is 4.98 Å². The summed E-state index contributed by atoms with van der Waals surface area (Å²) in [6.45, 7) is 5.16. The van der Waals surface area contributed by atoms with E-state index in [0.717, 1.165) is 30.3 Å². The molecule has 5 rings (SSSR count). The van der Waals surface area contributed by atoms with Crippen LogP contribution in [0.3, 0.4) is 0 Å². The van der Waals surface area contributed by atoms with Crippen LogP contribution in [-0.4, -0.2) is 47.2 Å². The van der Waals surface area contributed by atoms with E-state index in [-0.39, 0.29) is 18.2 Å². The Bertz CT molecular complexity index is 1430. The molecule has 0 aliphatic heterocycles. The van der Waals surface area contributed by atoms with E-state index in [1.165, 1.54) is 6.42 Å². The van der Waals surface area contributed by atoms with Gasteiger partial charge in [-0.2, -0.15) is 18.3 Å². The molecule has 4 aromatic rings. The number of nitrogens with one attached hydrogen (secondary N) is 2. The van der Waals surface area contributed by atoms with Gasteiger partial charge in [-0.15, -0.1) is 10.2 Å². The largest absolute Gasteiger partial charge is 0.433 e. The van der Waals surface area contributed by atoms with Crippen molar-refractivity contribution in [2.45, 2.75) is 63.8 Å². The summed E-state index contributed by atoms with van der Waals surface area (Å²) >= 11 is 0. The Kier molecular flexibility index (Phi) is 6.77. The molecule has 3 N–H and O–H groups in total. The Morgan fingerprint density at radius 3 is 2.58 bits per heavy atom. The number of halogens is 3. The fraction of sp³-hybridized carbons (Fsp3) is 0.481. The average molecular weight is 528 g/mol. The normalized spacial score (nSPS) is 16.5. The van der Waals surface area contributed by atoms with Crippen molar-refractivity contribution in [3.8, 4) is 11.3 Å². The zero-order valence-corrected chi connectivity index (χ0v) is 21.8. The van der Waals surface area contributed by atoms with Crippen LogP contribution in [-0.2, 0) is 13.2 Å². The van der Waals surface area contributed by atoms with Gasteiger partial charge in [0.05, 0.1) is 16.8 Å². The van der Waals surface area contributed by atoms with Gasteiger partial charge in [-0.1, -0.05) is 24.6 Å². The monoisotopic (exact) mass is 527 g/mol. The van der Waals surface area contributed by atoms with Gasteiger partial charge in [-0.05, 0) is 57.2 Å². The Balaban J connectivity index is 1.60. The Labute approximate surface area is 218 Å². The summed E-state index contributed by atoms with van der Waals surface area (Å²) in [5.41, 5.74) is 0.776. The van der Waals surface area contributed by atoms with Crippen molar-refractivity contribution in [1.82, 2.24) is 35.3 Å². The van der Waals surface area contributed by atoms with Crippen LogP contribution in [0.25, 0.3) is 22.2 Å². The average Bonchev–Trinajstić information content (AvgIpc) is 3.44. The lowest BCUT2D eigenvalue weighted by Gasteiger charge is -2.33. The summed E-state index contributed by atoms with van der Waals surface area (Å²) in [6, 6.07) is 8.29. The zero-order chi connectivity index (χ0) is 27.2. The predicted molar refractivity (Wildman–Crippen MR) is 137 cm³/mol. The lowest BCUT2D eigenvalue weighted by molar-refractivity contribution is -0.141. The van der Waals surface area contributed by atoms with Crippen LogP contribution in [0.1, 0.15) is 74.8 Å². The van der Waals surface area contributed by atoms with Crippen molar-refractivity contribution in [2.75, 3.05) is 6.54 Å². The molecule has 1 saturated carbocycles. The molecule has 8 nitrogen and oxygen atoms in total. The maximum Gasteiger partial charge on any atom is 0.433 e. The summed E-state index contributed by atoms with van der Waals surface area (Å²) in [5, 5.41) is 29.4.